The summed E-state index contributed by atoms with van der Waals surface area (Å²) in [6.07, 6.45) is -3.12. The van der Waals surface area contributed by atoms with Crippen molar-refractivity contribution in [2.75, 3.05) is 6.54 Å². The number of sulfonamides is 1. The second-order valence-corrected chi connectivity index (χ2v) is 9.48. The van der Waals surface area contributed by atoms with Crippen LogP contribution in [0.2, 0.25) is 0 Å². The van der Waals surface area contributed by atoms with Gasteiger partial charge in [-0.15, -0.1) is 0 Å². The Labute approximate surface area is 167 Å². The molecule has 1 aromatic carbocycles. The molecule has 2 N–H and O–H groups in total. The first-order valence-corrected chi connectivity index (χ1v) is 10.8. The van der Waals surface area contributed by atoms with E-state index in [2.05, 4.69) is 10.8 Å². The summed E-state index contributed by atoms with van der Waals surface area (Å²) in [6, 6.07) is 3.27. The van der Waals surface area contributed by atoms with E-state index in [0.29, 0.717) is 12.5 Å². The number of amides is 2. The van der Waals surface area contributed by atoms with Crippen LogP contribution in [0.15, 0.2) is 29.2 Å². The van der Waals surface area contributed by atoms with Crippen LogP contribution in [0.25, 0.3) is 0 Å². The number of urea groups is 1. The number of halogens is 4. The van der Waals surface area contributed by atoms with Gasteiger partial charge in [-0.05, 0) is 37.5 Å². The third-order valence-electron chi connectivity index (χ3n) is 4.20. The molecule has 2 aliphatic rings. The van der Waals surface area contributed by atoms with E-state index < -0.39 is 42.8 Å². The topological polar surface area (TPSA) is 87.7 Å². The van der Waals surface area contributed by atoms with Crippen LogP contribution in [0.5, 0.6) is 0 Å². The number of nitrogens with one attached hydrogen (secondary N) is 2. The van der Waals surface area contributed by atoms with Crippen molar-refractivity contribution in [3.05, 3.63) is 29.8 Å². The number of carbonyl (C=O) groups is 1. The van der Waals surface area contributed by atoms with Gasteiger partial charge in [0.1, 0.15) is 10.2 Å². The summed E-state index contributed by atoms with van der Waals surface area (Å²) in [4.78, 5) is 16.5. The lowest BCUT2D eigenvalue weighted by Crippen LogP contribution is -2.42. The van der Waals surface area contributed by atoms with Crippen LogP contribution in [0, 0.1) is 0 Å². The molecule has 1 heterocycles. The van der Waals surface area contributed by atoms with E-state index in [4.69, 9.17) is 4.84 Å². The quantitative estimate of drug-likeness (QED) is 0.271. The molecule has 12 heteroatoms. The van der Waals surface area contributed by atoms with Gasteiger partial charge in [-0.25, -0.2) is 18.7 Å². The first-order chi connectivity index (χ1) is 12.6. The fourth-order valence-electron chi connectivity index (χ4n) is 2.61. The normalized spacial score (nSPS) is 24.0. The molecule has 0 spiro atoms. The van der Waals surface area contributed by atoms with Crippen molar-refractivity contribution in [1.29, 1.82) is 0 Å². The zero-order chi connectivity index (χ0) is 19.8. The summed E-state index contributed by atoms with van der Waals surface area (Å²) in [5, 5.41) is 2.66. The Hall–Kier alpha value is -1.12. The van der Waals surface area contributed by atoms with Gasteiger partial charge in [-0.3, -0.25) is 4.84 Å². The van der Waals surface area contributed by atoms with Gasteiger partial charge >= 0.3 is 12.2 Å². The number of nitrogens with zero attached hydrogens (tertiary/aromatic N) is 1. The van der Waals surface area contributed by atoms with E-state index in [1.54, 1.807) is 0 Å². The number of alkyl halides is 4. The van der Waals surface area contributed by atoms with E-state index >= 15 is 0 Å². The molecule has 2 unspecified atom stereocenters. The Balaban J connectivity index is 1.67. The molecule has 7 nitrogen and oxygen atoms in total. The Morgan fingerprint density at radius 2 is 1.96 bits per heavy atom. The summed E-state index contributed by atoms with van der Waals surface area (Å²) < 4.78 is 64.5. The highest BCUT2D eigenvalue weighted by Crippen LogP contribution is 2.34. The minimum Gasteiger partial charge on any atom is -0.334 e. The molecule has 0 aromatic heterocycles. The SMILES string of the molecule is O=C(NOC1CCN(S(=O)(=O)c2cccc(C(F)(F)F)c2)C1I)NC1CC1. The number of hydrogen-bond acceptors (Lipinski definition) is 4. The Morgan fingerprint density at radius 3 is 2.59 bits per heavy atom. The van der Waals surface area contributed by atoms with Gasteiger partial charge < -0.3 is 5.32 Å². The molecule has 0 bridgehead atoms. The molecule has 0 radical (unpaired) electrons. The maximum atomic E-state index is 12.9. The van der Waals surface area contributed by atoms with Crippen molar-refractivity contribution in [2.45, 2.75) is 46.5 Å². The lowest BCUT2D eigenvalue weighted by Gasteiger charge is -2.23. The third-order valence-corrected chi connectivity index (χ3v) is 7.93. The second-order valence-electron chi connectivity index (χ2n) is 6.31. The van der Waals surface area contributed by atoms with Gasteiger partial charge in [-0.2, -0.15) is 17.5 Å². The Morgan fingerprint density at radius 1 is 1.26 bits per heavy atom. The Kier molecular flexibility index (Phi) is 5.89. The van der Waals surface area contributed by atoms with Crippen molar-refractivity contribution in [3.63, 3.8) is 0 Å². The fraction of sp³-hybridized carbons (Fsp3) is 0.533. The first-order valence-electron chi connectivity index (χ1n) is 8.14. The van der Waals surface area contributed by atoms with Crippen LogP contribution >= 0.6 is 22.6 Å². The van der Waals surface area contributed by atoms with Crippen LogP contribution in [0.4, 0.5) is 18.0 Å². The average Bonchev–Trinajstić information content (AvgIpc) is 3.32. The second kappa shape index (κ2) is 7.72. The molecular weight excluding hydrogens is 502 g/mol. The maximum absolute atomic E-state index is 12.9. The van der Waals surface area contributed by atoms with Gasteiger partial charge in [-0.1, -0.05) is 28.7 Å². The average molecular weight is 519 g/mol. The molecule has 27 heavy (non-hydrogen) atoms. The fourth-order valence-corrected chi connectivity index (χ4v) is 5.84. The standard InChI is InChI=1S/C15H17F3IN3O4S/c16-15(17,18)9-2-1-3-11(8-9)27(24,25)22-7-6-12(13(22)19)26-21-14(23)20-10-4-5-10/h1-3,8,10,12-13H,4-7H2,(H2,20,21,23). The number of benzene rings is 1. The molecule has 2 fully saturated rings. The summed E-state index contributed by atoms with van der Waals surface area (Å²) in [7, 11) is -4.13. The lowest BCUT2D eigenvalue weighted by molar-refractivity contribution is -0.137. The van der Waals surface area contributed by atoms with Crippen LogP contribution in [0.1, 0.15) is 24.8 Å². The van der Waals surface area contributed by atoms with Crippen LogP contribution < -0.4 is 10.8 Å². The molecular formula is C15H17F3IN3O4S. The highest BCUT2D eigenvalue weighted by Gasteiger charge is 2.42. The third kappa shape index (κ3) is 4.84. The number of hydrogen-bond donors (Lipinski definition) is 2. The predicted molar refractivity (Wildman–Crippen MR) is 97.3 cm³/mol. The van der Waals surface area contributed by atoms with Crippen molar-refractivity contribution in [2.24, 2.45) is 0 Å². The molecule has 2 atom stereocenters. The van der Waals surface area contributed by atoms with Gasteiger partial charge in [0, 0.05) is 12.6 Å². The molecule has 150 valence electrons. The molecule has 3 rings (SSSR count). The van der Waals surface area contributed by atoms with E-state index in [0.717, 1.165) is 35.3 Å². The Bertz CT molecular complexity index is 817. The number of rotatable bonds is 5. The molecule has 1 aromatic rings. The minimum absolute atomic E-state index is 0.0722. The van der Waals surface area contributed by atoms with Gasteiger partial charge in [0.25, 0.3) is 0 Å². The monoisotopic (exact) mass is 519 g/mol. The predicted octanol–water partition coefficient (Wildman–Crippen LogP) is 2.62. The van der Waals surface area contributed by atoms with Gasteiger partial charge in [0.15, 0.2) is 0 Å². The smallest absolute Gasteiger partial charge is 0.334 e. The van der Waals surface area contributed by atoms with Crippen LogP contribution in [-0.2, 0) is 21.0 Å². The zero-order valence-corrected chi connectivity index (χ0v) is 16.8. The van der Waals surface area contributed by atoms with Gasteiger partial charge in [0.2, 0.25) is 10.0 Å². The highest BCUT2D eigenvalue weighted by atomic mass is 127. The van der Waals surface area contributed by atoms with Gasteiger partial charge in [0.05, 0.1) is 10.5 Å². The summed E-state index contributed by atoms with van der Waals surface area (Å²) in [5.41, 5.74) is 1.21. The summed E-state index contributed by atoms with van der Waals surface area (Å²) in [6.45, 7) is 0.0722. The highest BCUT2D eigenvalue weighted by molar-refractivity contribution is 14.1. The number of hydroxylamine groups is 1. The first kappa shape index (κ1) is 20.6. The summed E-state index contributed by atoms with van der Waals surface area (Å²) in [5.74, 6) is 0. The van der Waals surface area contributed by atoms with Crippen molar-refractivity contribution in [1.82, 2.24) is 15.1 Å². The van der Waals surface area contributed by atoms with E-state index in [9.17, 15) is 26.4 Å². The molecule has 1 saturated heterocycles. The molecule has 1 aliphatic carbocycles. The minimum atomic E-state index is -4.63. The number of carbonyl (C=O) groups excluding carboxylic acids is 1. The lowest BCUT2D eigenvalue weighted by atomic mass is 10.2. The molecule has 1 aliphatic heterocycles. The maximum Gasteiger partial charge on any atom is 0.416 e. The van der Waals surface area contributed by atoms with Crippen LogP contribution in [0.3, 0.4) is 0 Å². The molecule has 2 amide bonds. The molecule has 1 saturated carbocycles. The van der Waals surface area contributed by atoms with E-state index in [1.807, 2.05) is 22.6 Å². The summed E-state index contributed by atoms with van der Waals surface area (Å²) >= 11 is 1.85. The van der Waals surface area contributed by atoms with Crippen LogP contribution in [-0.4, -0.2) is 41.5 Å². The van der Waals surface area contributed by atoms with E-state index in [-0.39, 0.29) is 12.6 Å². The van der Waals surface area contributed by atoms with Crippen molar-refractivity contribution in [3.8, 4) is 0 Å². The van der Waals surface area contributed by atoms with E-state index in [1.165, 1.54) is 0 Å². The largest absolute Gasteiger partial charge is 0.416 e. The zero-order valence-electron chi connectivity index (χ0n) is 13.9. The van der Waals surface area contributed by atoms with Crippen molar-refractivity contribution >= 4 is 38.6 Å². The van der Waals surface area contributed by atoms with Crippen molar-refractivity contribution < 1.29 is 31.2 Å².